The standard InChI is InChI=1S/C12H13BrN2O5/c1-7(16)20-6-10(17)15-9(12(18)19)5-8-3-2-4-14-11(8)13/h2-4,9H,5-6H2,1H3,(H,15,17)(H,18,19)/t9-/m1/s1. The number of aliphatic carboxylic acids is 1. The molecule has 0 saturated carbocycles. The van der Waals surface area contributed by atoms with E-state index in [0.717, 1.165) is 6.92 Å². The number of aromatic nitrogens is 1. The van der Waals surface area contributed by atoms with E-state index in [4.69, 9.17) is 5.11 Å². The summed E-state index contributed by atoms with van der Waals surface area (Å²) >= 11 is 3.20. The smallest absolute Gasteiger partial charge is 0.326 e. The van der Waals surface area contributed by atoms with Crippen molar-refractivity contribution in [3.63, 3.8) is 0 Å². The van der Waals surface area contributed by atoms with Crippen molar-refractivity contribution in [2.75, 3.05) is 6.61 Å². The lowest BCUT2D eigenvalue weighted by Gasteiger charge is -2.15. The Kier molecular flexibility index (Phi) is 6.10. The highest BCUT2D eigenvalue weighted by Crippen LogP contribution is 2.14. The molecule has 0 fully saturated rings. The van der Waals surface area contributed by atoms with E-state index in [1.54, 1.807) is 18.3 Å². The van der Waals surface area contributed by atoms with Gasteiger partial charge in [-0.25, -0.2) is 9.78 Å². The lowest BCUT2D eigenvalue weighted by molar-refractivity contribution is -0.148. The fourth-order valence-corrected chi connectivity index (χ4v) is 1.81. The summed E-state index contributed by atoms with van der Waals surface area (Å²) < 4.78 is 5.01. The van der Waals surface area contributed by atoms with Crippen molar-refractivity contribution in [3.05, 3.63) is 28.5 Å². The van der Waals surface area contributed by atoms with Gasteiger partial charge in [0.05, 0.1) is 0 Å². The molecule has 20 heavy (non-hydrogen) atoms. The Labute approximate surface area is 123 Å². The van der Waals surface area contributed by atoms with Crippen LogP contribution in [0.3, 0.4) is 0 Å². The van der Waals surface area contributed by atoms with E-state index < -0.39 is 30.5 Å². The third-order valence-corrected chi connectivity index (χ3v) is 3.01. The maximum absolute atomic E-state index is 11.5. The molecule has 8 heteroatoms. The molecule has 1 aromatic rings. The maximum atomic E-state index is 11.5. The number of halogens is 1. The molecule has 1 heterocycles. The minimum absolute atomic E-state index is 0.0650. The number of carbonyl (C=O) groups is 3. The van der Waals surface area contributed by atoms with Crippen molar-refractivity contribution >= 4 is 33.8 Å². The van der Waals surface area contributed by atoms with Gasteiger partial charge in [0.2, 0.25) is 0 Å². The third-order valence-electron chi connectivity index (χ3n) is 2.30. The molecular formula is C12H13BrN2O5. The largest absolute Gasteiger partial charge is 0.480 e. The molecule has 108 valence electrons. The quantitative estimate of drug-likeness (QED) is 0.575. The van der Waals surface area contributed by atoms with Gasteiger partial charge in [0, 0.05) is 19.5 Å². The second-order valence-corrected chi connectivity index (χ2v) is 4.65. The average molecular weight is 345 g/mol. The molecule has 0 unspecified atom stereocenters. The van der Waals surface area contributed by atoms with Crippen molar-refractivity contribution in [1.82, 2.24) is 10.3 Å². The molecule has 0 aromatic carbocycles. The summed E-state index contributed by atoms with van der Waals surface area (Å²) in [5.41, 5.74) is 0.646. The summed E-state index contributed by atoms with van der Waals surface area (Å²) in [5.74, 6) is -2.47. The van der Waals surface area contributed by atoms with E-state index in [0.29, 0.717) is 10.2 Å². The molecule has 0 aliphatic rings. The number of nitrogens with zero attached hydrogens (tertiary/aromatic N) is 1. The Morgan fingerprint density at radius 1 is 1.50 bits per heavy atom. The van der Waals surface area contributed by atoms with Crippen LogP contribution in [0.2, 0.25) is 0 Å². The van der Waals surface area contributed by atoms with Crippen LogP contribution in [0.5, 0.6) is 0 Å². The number of ether oxygens (including phenoxy) is 1. The van der Waals surface area contributed by atoms with Gasteiger partial charge in [-0.15, -0.1) is 0 Å². The van der Waals surface area contributed by atoms with Gasteiger partial charge < -0.3 is 15.2 Å². The number of carboxylic acid groups (broad SMARTS) is 1. The number of esters is 1. The summed E-state index contributed by atoms with van der Waals surface area (Å²) in [7, 11) is 0. The predicted octanol–water partition coefficient (Wildman–Crippen LogP) is 0.519. The summed E-state index contributed by atoms with van der Waals surface area (Å²) in [4.78, 5) is 37.1. The van der Waals surface area contributed by atoms with E-state index in [2.05, 4.69) is 31.0 Å². The number of rotatable bonds is 6. The lowest BCUT2D eigenvalue weighted by Crippen LogP contribution is -2.44. The van der Waals surface area contributed by atoms with Gasteiger partial charge in [-0.05, 0) is 27.6 Å². The van der Waals surface area contributed by atoms with Gasteiger partial charge >= 0.3 is 11.9 Å². The lowest BCUT2D eigenvalue weighted by atomic mass is 10.1. The molecular weight excluding hydrogens is 332 g/mol. The second kappa shape index (κ2) is 7.59. The molecule has 0 aliphatic carbocycles. The van der Waals surface area contributed by atoms with Crippen LogP contribution in [-0.2, 0) is 25.5 Å². The minimum atomic E-state index is -1.18. The SMILES string of the molecule is CC(=O)OCC(=O)N[C@H](Cc1cccnc1Br)C(=O)O. The van der Waals surface area contributed by atoms with Gasteiger partial charge in [0.15, 0.2) is 6.61 Å². The van der Waals surface area contributed by atoms with Crippen molar-refractivity contribution in [3.8, 4) is 0 Å². The monoisotopic (exact) mass is 344 g/mol. The van der Waals surface area contributed by atoms with Crippen LogP contribution < -0.4 is 5.32 Å². The topological polar surface area (TPSA) is 106 Å². The van der Waals surface area contributed by atoms with E-state index in [1.807, 2.05) is 0 Å². The molecule has 0 bridgehead atoms. The van der Waals surface area contributed by atoms with Gasteiger partial charge in [-0.2, -0.15) is 0 Å². The number of hydrogen-bond acceptors (Lipinski definition) is 5. The first-order valence-electron chi connectivity index (χ1n) is 5.65. The Bertz CT molecular complexity index is 520. The molecule has 1 atom stereocenters. The Balaban J connectivity index is 2.66. The van der Waals surface area contributed by atoms with Crippen molar-refractivity contribution < 1.29 is 24.2 Å². The first kappa shape index (κ1) is 16.1. The minimum Gasteiger partial charge on any atom is -0.480 e. The summed E-state index contributed by atoms with van der Waals surface area (Å²) in [6, 6.07) is 2.24. The molecule has 0 aliphatic heterocycles. The maximum Gasteiger partial charge on any atom is 0.326 e. The van der Waals surface area contributed by atoms with Crippen molar-refractivity contribution in [2.45, 2.75) is 19.4 Å². The van der Waals surface area contributed by atoms with Crippen LogP contribution in [0.25, 0.3) is 0 Å². The molecule has 0 spiro atoms. The Morgan fingerprint density at radius 3 is 2.75 bits per heavy atom. The first-order valence-corrected chi connectivity index (χ1v) is 6.44. The van der Waals surface area contributed by atoms with Crippen LogP contribution in [-0.4, -0.2) is 40.6 Å². The molecule has 2 N–H and O–H groups in total. The fourth-order valence-electron chi connectivity index (χ4n) is 1.39. The van der Waals surface area contributed by atoms with Crippen LogP contribution in [0.1, 0.15) is 12.5 Å². The highest BCUT2D eigenvalue weighted by molar-refractivity contribution is 9.10. The fraction of sp³-hybridized carbons (Fsp3) is 0.333. The van der Waals surface area contributed by atoms with Crippen molar-refractivity contribution in [1.29, 1.82) is 0 Å². The van der Waals surface area contributed by atoms with Gasteiger partial charge in [0.1, 0.15) is 10.6 Å². The predicted molar refractivity (Wildman–Crippen MR) is 71.8 cm³/mol. The number of carboxylic acids is 1. The van der Waals surface area contributed by atoms with Crippen LogP contribution in [0.15, 0.2) is 22.9 Å². The number of nitrogens with one attached hydrogen (secondary N) is 1. The number of hydrogen-bond donors (Lipinski definition) is 2. The zero-order valence-electron chi connectivity index (χ0n) is 10.6. The van der Waals surface area contributed by atoms with Gasteiger partial charge in [0.25, 0.3) is 5.91 Å². The Hall–Kier alpha value is -1.96. The second-order valence-electron chi connectivity index (χ2n) is 3.90. The summed E-state index contributed by atoms with van der Waals surface area (Å²) in [5, 5.41) is 11.4. The summed E-state index contributed by atoms with van der Waals surface area (Å²) in [6.07, 6.45) is 1.62. The highest BCUT2D eigenvalue weighted by atomic mass is 79.9. The van der Waals surface area contributed by atoms with E-state index in [1.165, 1.54) is 0 Å². The molecule has 1 amide bonds. The Morgan fingerprint density at radius 2 is 2.20 bits per heavy atom. The molecule has 1 aromatic heterocycles. The third kappa shape index (κ3) is 5.35. The van der Waals surface area contributed by atoms with E-state index in [9.17, 15) is 14.4 Å². The molecule has 7 nitrogen and oxygen atoms in total. The normalized spacial score (nSPS) is 11.5. The first-order chi connectivity index (χ1) is 9.40. The van der Waals surface area contributed by atoms with Crippen molar-refractivity contribution in [2.24, 2.45) is 0 Å². The van der Waals surface area contributed by atoms with Crippen LogP contribution >= 0.6 is 15.9 Å². The van der Waals surface area contributed by atoms with Crippen LogP contribution in [0.4, 0.5) is 0 Å². The van der Waals surface area contributed by atoms with E-state index >= 15 is 0 Å². The molecule has 0 radical (unpaired) electrons. The molecule has 0 saturated heterocycles. The highest BCUT2D eigenvalue weighted by Gasteiger charge is 2.21. The van der Waals surface area contributed by atoms with Gasteiger partial charge in [-0.3, -0.25) is 9.59 Å². The summed E-state index contributed by atoms with van der Waals surface area (Å²) in [6.45, 7) is 0.655. The number of amides is 1. The van der Waals surface area contributed by atoms with Crippen LogP contribution in [0, 0.1) is 0 Å². The van der Waals surface area contributed by atoms with E-state index in [-0.39, 0.29) is 6.42 Å². The zero-order chi connectivity index (χ0) is 15.1. The zero-order valence-corrected chi connectivity index (χ0v) is 12.2. The molecule has 1 rings (SSSR count). The van der Waals surface area contributed by atoms with Gasteiger partial charge in [-0.1, -0.05) is 6.07 Å². The average Bonchev–Trinajstić information content (AvgIpc) is 2.38. The number of carbonyl (C=O) groups excluding carboxylic acids is 2. The number of pyridine rings is 1.